The van der Waals surface area contributed by atoms with Crippen LogP contribution < -0.4 is 9.47 Å². The van der Waals surface area contributed by atoms with Gasteiger partial charge in [-0.3, -0.25) is 9.00 Å². The van der Waals surface area contributed by atoms with Gasteiger partial charge in [-0.25, -0.2) is 0 Å². The van der Waals surface area contributed by atoms with Gasteiger partial charge in [0.15, 0.2) is 11.5 Å². The van der Waals surface area contributed by atoms with Gasteiger partial charge in [0, 0.05) is 29.2 Å². The van der Waals surface area contributed by atoms with Crippen LogP contribution >= 0.6 is 0 Å². The monoisotopic (exact) mass is 482 g/mol. The van der Waals surface area contributed by atoms with Crippen molar-refractivity contribution in [2.24, 2.45) is 0 Å². The Balaban J connectivity index is 1.31. The summed E-state index contributed by atoms with van der Waals surface area (Å²) in [6, 6.07) is 20.7. The first-order chi connectivity index (χ1) is 16.2. The molecule has 4 nitrogen and oxygen atoms in total. The van der Waals surface area contributed by atoms with Gasteiger partial charge in [-0.1, -0.05) is 54.6 Å². The molecule has 176 valence electrons. The van der Waals surface area contributed by atoms with E-state index in [1.807, 2.05) is 48.5 Å². The van der Waals surface area contributed by atoms with Gasteiger partial charge in [0.1, 0.15) is 5.78 Å². The van der Waals surface area contributed by atoms with E-state index in [-0.39, 0.29) is 23.7 Å². The van der Waals surface area contributed by atoms with Crippen molar-refractivity contribution < 1.29 is 27.3 Å². The quantitative estimate of drug-likeness (QED) is 0.429. The fraction of sp³-hybridized carbons (Fsp3) is 0.296. The van der Waals surface area contributed by atoms with Crippen LogP contribution in [0.25, 0.3) is 11.1 Å². The minimum atomic E-state index is -3.67. The zero-order valence-electron chi connectivity index (χ0n) is 18.7. The Morgan fingerprint density at radius 2 is 1.65 bits per heavy atom. The molecule has 7 heteroatoms. The van der Waals surface area contributed by atoms with Gasteiger partial charge >= 0.3 is 6.29 Å². The van der Waals surface area contributed by atoms with E-state index in [4.69, 9.17) is 0 Å². The van der Waals surface area contributed by atoms with Crippen molar-refractivity contribution in [1.82, 2.24) is 0 Å². The van der Waals surface area contributed by atoms with Crippen LogP contribution in [0.15, 0.2) is 66.7 Å². The van der Waals surface area contributed by atoms with E-state index in [1.165, 1.54) is 12.1 Å². The van der Waals surface area contributed by atoms with E-state index >= 15 is 0 Å². The van der Waals surface area contributed by atoms with Crippen LogP contribution in [0.2, 0.25) is 0 Å². The zero-order chi connectivity index (χ0) is 23.9. The maximum absolute atomic E-state index is 13.4. The largest absolute Gasteiger partial charge is 0.586 e. The Morgan fingerprint density at radius 3 is 2.35 bits per heavy atom. The Hall–Kier alpha value is -3.06. The minimum Gasteiger partial charge on any atom is -0.395 e. The zero-order valence-corrected chi connectivity index (χ0v) is 19.5. The van der Waals surface area contributed by atoms with Gasteiger partial charge in [0.05, 0.1) is 5.41 Å². The van der Waals surface area contributed by atoms with Gasteiger partial charge in [-0.2, -0.15) is 0 Å². The maximum atomic E-state index is 13.4. The molecule has 3 aromatic rings. The number of fused-ring (bicyclic) bond motifs is 1. The van der Waals surface area contributed by atoms with Crippen LogP contribution in [0.4, 0.5) is 8.78 Å². The third-order valence-corrected chi connectivity index (χ3v) is 7.27. The first-order valence-corrected chi connectivity index (χ1v) is 12.9. The number of halogens is 2. The van der Waals surface area contributed by atoms with Crippen molar-refractivity contribution >= 4 is 16.6 Å². The van der Waals surface area contributed by atoms with Crippen LogP contribution in [0, 0.1) is 0 Å². The topological polar surface area (TPSA) is 52.6 Å². The molecule has 1 atom stereocenters. The van der Waals surface area contributed by atoms with Gasteiger partial charge in [-0.15, -0.1) is 8.78 Å². The Morgan fingerprint density at radius 1 is 0.912 bits per heavy atom. The third-order valence-electron chi connectivity index (χ3n) is 6.49. The molecule has 3 aromatic carbocycles. The average Bonchev–Trinajstić information content (AvgIpc) is 3.55. The Kier molecular flexibility index (Phi) is 5.76. The summed E-state index contributed by atoms with van der Waals surface area (Å²) in [7, 11) is -0.815. The summed E-state index contributed by atoms with van der Waals surface area (Å²) in [6.45, 7) is 0. The fourth-order valence-electron chi connectivity index (χ4n) is 4.44. The van der Waals surface area contributed by atoms with E-state index in [0.29, 0.717) is 24.2 Å². The van der Waals surface area contributed by atoms with Crippen molar-refractivity contribution in [2.45, 2.75) is 37.4 Å². The number of hydrogen-bond acceptors (Lipinski definition) is 4. The number of alkyl halides is 2. The SMILES string of the molecule is CS(=O)CCc1ccc(-c2cccc(CC(=O)C3(c4ccc5c(c4)OC(F)(F)O5)CC3)c2)cc1. The van der Waals surface area contributed by atoms with E-state index in [2.05, 4.69) is 9.47 Å². The predicted molar refractivity (Wildman–Crippen MR) is 127 cm³/mol. The molecule has 1 saturated carbocycles. The molecule has 1 aliphatic carbocycles. The summed E-state index contributed by atoms with van der Waals surface area (Å²) < 4.78 is 47.1. The molecular formula is C27H24F2O4S. The summed E-state index contributed by atoms with van der Waals surface area (Å²) >= 11 is 0. The number of ether oxygens (including phenoxy) is 2. The lowest BCUT2D eigenvalue weighted by Gasteiger charge is -2.15. The smallest absolute Gasteiger partial charge is 0.395 e. The summed E-state index contributed by atoms with van der Waals surface area (Å²) in [6.07, 6.45) is 0.445. The molecule has 0 radical (unpaired) electrons. The molecule has 1 aliphatic heterocycles. The lowest BCUT2D eigenvalue weighted by Crippen LogP contribution is -2.26. The molecule has 1 heterocycles. The van der Waals surface area contributed by atoms with Gasteiger partial charge in [-0.05, 0) is 59.2 Å². The second kappa shape index (κ2) is 8.62. The lowest BCUT2D eigenvalue weighted by molar-refractivity contribution is -0.286. The number of aryl methyl sites for hydroxylation is 1. The van der Waals surface area contributed by atoms with Crippen LogP contribution in [-0.2, 0) is 33.9 Å². The second-order valence-corrected chi connectivity index (χ2v) is 10.5. The number of carbonyl (C=O) groups excluding carboxylic acids is 1. The number of Topliss-reactive ketones (excluding diaryl/α,β-unsaturated/α-hetero) is 1. The second-order valence-electron chi connectivity index (χ2n) is 8.94. The van der Waals surface area contributed by atoms with Crippen molar-refractivity contribution in [1.29, 1.82) is 0 Å². The average molecular weight is 483 g/mol. The van der Waals surface area contributed by atoms with E-state index in [9.17, 15) is 17.8 Å². The summed E-state index contributed by atoms with van der Waals surface area (Å²) in [5, 5.41) is 0. The summed E-state index contributed by atoms with van der Waals surface area (Å²) in [5.74, 6) is 0.666. The fourth-order valence-corrected chi connectivity index (χ4v) is 4.96. The molecule has 0 spiro atoms. The van der Waals surface area contributed by atoms with Crippen molar-refractivity contribution in [3.63, 3.8) is 0 Å². The van der Waals surface area contributed by atoms with Gasteiger partial charge in [0.25, 0.3) is 0 Å². The molecule has 0 amide bonds. The van der Waals surface area contributed by atoms with E-state index in [0.717, 1.165) is 28.7 Å². The first-order valence-electron chi connectivity index (χ1n) is 11.2. The van der Waals surface area contributed by atoms with Crippen LogP contribution in [0.1, 0.15) is 29.5 Å². The van der Waals surface area contributed by atoms with Gasteiger partial charge in [0.2, 0.25) is 0 Å². The van der Waals surface area contributed by atoms with Crippen LogP contribution in [0.3, 0.4) is 0 Å². The maximum Gasteiger partial charge on any atom is 0.586 e. The molecule has 5 rings (SSSR count). The molecular weight excluding hydrogens is 458 g/mol. The highest BCUT2D eigenvalue weighted by Gasteiger charge is 2.52. The molecule has 1 unspecified atom stereocenters. The van der Waals surface area contributed by atoms with Crippen LogP contribution in [0.5, 0.6) is 11.5 Å². The number of benzene rings is 3. The Bertz CT molecular complexity index is 1270. The van der Waals surface area contributed by atoms with Crippen molar-refractivity contribution in [3.05, 3.63) is 83.4 Å². The number of ketones is 1. The highest BCUT2D eigenvalue weighted by atomic mass is 32.2. The lowest BCUT2D eigenvalue weighted by atomic mass is 9.87. The molecule has 1 fully saturated rings. The highest BCUT2D eigenvalue weighted by molar-refractivity contribution is 7.84. The molecule has 0 aromatic heterocycles. The third kappa shape index (κ3) is 4.62. The minimum absolute atomic E-state index is 0.0151. The van der Waals surface area contributed by atoms with E-state index < -0.39 is 22.5 Å². The molecule has 34 heavy (non-hydrogen) atoms. The molecule has 0 saturated heterocycles. The summed E-state index contributed by atoms with van der Waals surface area (Å²) in [4.78, 5) is 13.3. The number of hydrogen-bond donors (Lipinski definition) is 0. The van der Waals surface area contributed by atoms with Crippen molar-refractivity contribution in [2.75, 3.05) is 12.0 Å². The number of rotatable bonds is 8. The van der Waals surface area contributed by atoms with Crippen LogP contribution in [-0.4, -0.2) is 28.3 Å². The van der Waals surface area contributed by atoms with Crippen molar-refractivity contribution in [3.8, 4) is 22.6 Å². The first kappa shape index (κ1) is 22.7. The standard InChI is InChI=1S/C27H24F2O4S/c1-34(31)14-11-18-5-7-20(8-6-18)21-4-2-3-19(15-21)16-25(30)26(12-13-26)22-9-10-23-24(17-22)33-27(28,29)32-23/h2-10,15,17H,11-14,16H2,1H3. The number of carbonyl (C=O) groups is 1. The molecule has 0 bridgehead atoms. The normalized spacial score (nSPS) is 17.9. The predicted octanol–water partition coefficient (Wildman–Crippen LogP) is 5.44. The summed E-state index contributed by atoms with van der Waals surface area (Å²) in [5.41, 5.74) is 4.15. The van der Waals surface area contributed by atoms with Gasteiger partial charge < -0.3 is 9.47 Å². The Labute approximate surface area is 199 Å². The molecule has 2 aliphatic rings. The van der Waals surface area contributed by atoms with E-state index in [1.54, 1.807) is 12.3 Å². The molecule has 0 N–H and O–H groups in total. The highest BCUT2D eigenvalue weighted by Crippen LogP contribution is 2.52.